The van der Waals surface area contributed by atoms with Crippen molar-refractivity contribution >= 4 is 33.9 Å². The number of nitrogens with zero attached hydrogens (tertiary/aromatic N) is 3. The van der Waals surface area contributed by atoms with Crippen molar-refractivity contribution in [3.8, 4) is 0 Å². The van der Waals surface area contributed by atoms with E-state index >= 15 is 0 Å². The zero-order valence-electron chi connectivity index (χ0n) is 15.1. The van der Waals surface area contributed by atoms with Gasteiger partial charge in [0.15, 0.2) is 17.2 Å². The van der Waals surface area contributed by atoms with Gasteiger partial charge < -0.3 is 15.0 Å². The van der Waals surface area contributed by atoms with Crippen molar-refractivity contribution in [2.75, 3.05) is 12.3 Å². The normalized spacial score (nSPS) is 15.6. The number of benzene rings is 1. The standard InChI is InChI=1S/C20H24N4O2/c1-2-26-20(25)17-18(21)23-19-16(22-17)14-10-6-7-11-15(14)24(19)12-13-8-4-3-5-9-13/h6-7,10-11,13H,2-5,8-9,12H2,1H3,(H2,21,23). The molecular weight excluding hydrogens is 328 g/mol. The number of esters is 1. The summed E-state index contributed by atoms with van der Waals surface area (Å²) in [6, 6.07) is 8.11. The number of rotatable bonds is 4. The minimum Gasteiger partial charge on any atom is -0.461 e. The molecule has 0 radical (unpaired) electrons. The fourth-order valence-electron chi connectivity index (χ4n) is 3.99. The summed E-state index contributed by atoms with van der Waals surface area (Å²) in [4.78, 5) is 21.3. The van der Waals surface area contributed by atoms with E-state index in [1.165, 1.54) is 32.1 Å². The Morgan fingerprint density at radius 3 is 2.77 bits per heavy atom. The van der Waals surface area contributed by atoms with Crippen molar-refractivity contribution in [2.45, 2.75) is 45.6 Å². The molecule has 2 N–H and O–H groups in total. The van der Waals surface area contributed by atoms with E-state index in [0.29, 0.717) is 11.4 Å². The molecule has 0 atom stereocenters. The molecule has 0 bridgehead atoms. The Labute approximate surface area is 152 Å². The van der Waals surface area contributed by atoms with E-state index in [1.54, 1.807) is 6.92 Å². The Bertz CT molecular complexity index is 957. The lowest BCUT2D eigenvalue weighted by Gasteiger charge is -2.22. The van der Waals surface area contributed by atoms with E-state index in [1.807, 2.05) is 18.2 Å². The SMILES string of the molecule is CCOC(=O)c1nc2c3ccccc3n(CC3CCCCC3)c2nc1N. The molecule has 6 nitrogen and oxygen atoms in total. The molecule has 2 heterocycles. The maximum absolute atomic E-state index is 12.2. The van der Waals surface area contributed by atoms with Crippen molar-refractivity contribution in [1.29, 1.82) is 0 Å². The molecule has 6 heteroatoms. The van der Waals surface area contributed by atoms with Crippen molar-refractivity contribution in [1.82, 2.24) is 14.5 Å². The molecule has 0 spiro atoms. The van der Waals surface area contributed by atoms with E-state index in [9.17, 15) is 4.79 Å². The first-order valence-electron chi connectivity index (χ1n) is 9.40. The van der Waals surface area contributed by atoms with Crippen LogP contribution in [-0.2, 0) is 11.3 Å². The van der Waals surface area contributed by atoms with E-state index in [-0.39, 0.29) is 18.1 Å². The Balaban J connectivity index is 1.87. The van der Waals surface area contributed by atoms with Crippen molar-refractivity contribution in [3.05, 3.63) is 30.0 Å². The van der Waals surface area contributed by atoms with Crippen LogP contribution in [0.4, 0.5) is 5.82 Å². The summed E-state index contributed by atoms with van der Waals surface area (Å²) < 4.78 is 7.29. The van der Waals surface area contributed by atoms with Crippen LogP contribution in [-0.4, -0.2) is 27.1 Å². The first-order valence-corrected chi connectivity index (χ1v) is 9.40. The van der Waals surface area contributed by atoms with E-state index in [2.05, 4.69) is 20.6 Å². The zero-order valence-corrected chi connectivity index (χ0v) is 15.1. The number of hydrogen-bond donors (Lipinski definition) is 1. The maximum Gasteiger partial charge on any atom is 0.360 e. The number of ether oxygens (including phenoxy) is 1. The van der Waals surface area contributed by atoms with Gasteiger partial charge in [-0.15, -0.1) is 0 Å². The quantitative estimate of drug-likeness (QED) is 0.720. The Kier molecular flexibility index (Phi) is 4.49. The predicted octanol–water partition coefficient (Wildman–Crippen LogP) is 3.92. The van der Waals surface area contributed by atoms with Crippen molar-refractivity contribution in [2.24, 2.45) is 5.92 Å². The molecule has 0 saturated heterocycles. The monoisotopic (exact) mass is 352 g/mol. The number of nitrogen functional groups attached to an aromatic ring is 1. The van der Waals surface area contributed by atoms with E-state index < -0.39 is 5.97 Å². The largest absolute Gasteiger partial charge is 0.461 e. The van der Waals surface area contributed by atoms with Gasteiger partial charge in [0.1, 0.15) is 5.52 Å². The zero-order chi connectivity index (χ0) is 18.1. The molecule has 0 amide bonds. The van der Waals surface area contributed by atoms with Crippen LogP contribution >= 0.6 is 0 Å². The number of aromatic nitrogens is 3. The van der Waals surface area contributed by atoms with Crippen LogP contribution in [0.1, 0.15) is 49.5 Å². The maximum atomic E-state index is 12.2. The average Bonchev–Trinajstić information content (AvgIpc) is 2.95. The first-order chi connectivity index (χ1) is 12.7. The third-order valence-electron chi connectivity index (χ3n) is 5.24. The predicted molar refractivity (Wildman–Crippen MR) is 102 cm³/mol. The third-order valence-corrected chi connectivity index (χ3v) is 5.24. The van der Waals surface area contributed by atoms with Crippen molar-refractivity contribution in [3.63, 3.8) is 0 Å². The minimum absolute atomic E-state index is 0.0971. The van der Waals surface area contributed by atoms with Gasteiger partial charge in [-0.25, -0.2) is 14.8 Å². The lowest BCUT2D eigenvalue weighted by Crippen LogP contribution is -2.15. The highest BCUT2D eigenvalue weighted by atomic mass is 16.5. The second-order valence-corrected chi connectivity index (χ2v) is 6.98. The second-order valence-electron chi connectivity index (χ2n) is 6.98. The van der Waals surface area contributed by atoms with Gasteiger partial charge >= 0.3 is 5.97 Å². The van der Waals surface area contributed by atoms with Crippen LogP contribution in [0.25, 0.3) is 22.1 Å². The van der Waals surface area contributed by atoms with Gasteiger partial charge in [0, 0.05) is 11.9 Å². The van der Waals surface area contributed by atoms with Crippen LogP contribution < -0.4 is 5.73 Å². The lowest BCUT2D eigenvalue weighted by atomic mass is 9.89. The summed E-state index contributed by atoms with van der Waals surface area (Å²) in [5.41, 5.74) is 8.71. The number of nitrogens with two attached hydrogens (primary N) is 1. The summed E-state index contributed by atoms with van der Waals surface area (Å²) in [5, 5.41) is 0.997. The number of para-hydroxylation sites is 1. The Morgan fingerprint density at radius 1 is 1.23 bits per heavy atom. The van der Waals surface area contributed by atoms with Gasteiger partial charge in [0.25, 0.3) is 0 Å². The first kappa shape index (κ1) is 16.8. The molecule has 1 saturated carbocycles. The number of carbonyl (C=O) groups excluding carboxylic acids is 1. The van der Waals surface area contributed by atoms with Gasteiger partial charge in [0.2, 0.25) is 0 Å². The van der Waals surface area contributed by atoms with Crippen LogP contribution in [0.5, 0.6) is 0 Å². The fourth-order valence-corrected chi connectivity index (χ4v) is 3.99. The lowest BCUT2D eigenvalue weighted by molar-refractivity contribution is 0.0521. The molecule has 26 heavy (non-hydrogen) atoms. The summed E-state index contributed by atoms with van der Waals surface area (Å²) in [7, 11) is 0. The number of anilines is 1. The van der Waals surface area contributed by atoms with Crippen molar-refractivity contribution < 1.29 is 9.53 Å². The summed E-state index contributed by atoms with van der Waals surface area (Å²) in [6.07, 6.45) is 6.42. The van der Waals surface area contributed by atoms with Crippen LogP contribution in [0.3, 0.4) is 0 Å². The molecule has 0 unspecified atom stereocenters. The minimum atomic E-state index is -0.525. The summed E-state index contributed by atoms with van der Waals surface area (Å²) in [5.74, 6) is 0.252. The van der Waals surface area contributed by atoms with Gasteiger partial charge in [0.05, 0.1) is 12.1 Å². The molecular formula is C20H24N4O2. The average molecular weight is 352 g/mol. The Morgan fingerprint density at radius 2 is 2.00 bits per heavy atom. The number of fused-ring (bicyclic) bond motifs is 3. The highest BCUT2D eigenvalue weighted by Gasteiger charge is 2.22. The Hall–Kier alpha value is -2.63. The van der Waals surface area contributed by atoms with E-state index in [4.69, 9.17) is 10.5 Å². The highest BCUT2D eigenvalue weighted by molar-refractivity contribution is 6.06. The molecule has 0 aliphatic heterocycles. The van der Waals surface area contributed by atoms with Gasteiger partial charge in [-0.2, -0.15) is 0 Å². The van der Waals surface area contributed by atoms with Crippen LogP contribution in [0.2, 0.25) is 0 Å². The summed E-state index contributed by atoms with van der Waals surface area (Å²) >= 11 is 0. The van der Waals surface area contributed by atoms with E-state index in [0.717, 1.165) is 23.1 Å². The molecule has 1 aliphatic rings. The van der Waals surface area contributed by atoms with Crippen LogP contribution in [0, 0.1) is 5.92 Å². The van der Waals surface area contributed by atoms with Gasteiger partial charge in [-0.3, -0.25) is 0 Å². The molecule has 4 rings (SSSR count). The smallest absolute Gasteiger partial charge is 0.360 e. The number of hydrogen-bond acceptors (Lipinski definition) is 5. The van der Waals surface area contributed by atoms with Gasteiger partial charge in [-0.05, 0) is 31.7 Å². The second kappa shape index (κ2) is 6.94. The fraction of sp³-hybridized carbons (Fsp3) is 0.450. The molecule has 2 aromatic heterocycles. The molecule has 136 valence electrons. The molecule has 1 aliphatic carbocycles. The van der Waals surface area contributed by atoms with Crippen LogP contribution in [0.15, 0.2) is 24.3 Å². The molecule has 3 aromatic rings. The molecule has 1 fully saturated rings. The number of carbonyl (C=O) groups is 1. The third kappa shape index (κ3) is 2.89. The molecule has 1 aromatic carbocycles. The van der Waals surface area contributed by atoms with Gasteiger partial charge in [-0.1, -0.05) is 37.5 Å². The summed E-state index contributed by atoms with van der Waals surface area (Å²) in [6.45, 7) is 2.95. The topological polar surface area (TPSA) is 83.0 Å². The highest BCUT2D eigenvalue weighted by Crippen LogP contribution is 2.32.